The predicted molar refractivity (Wildman–Crippen MR) is 117 cm³/mol. The number of carbonyl (C=O) groups excluding carboxylic acids is 1. The van der Waals surface area contributed by atoms with E-state index < -0.39 is 17.9 Å². The smallest absolute Gasteiger partial charge is 0.333 e. The number of hydrogen-bond donors (Lipinski definition) is 5. The minimum absolute atomic E-state index is 0.125. The molecule has 1 aliphatic rings. The summed E-state index contributed by atoms with van der Waals surface area (Å²) in [4.78, 5) is 39.5. The Kier molecular flexibility index (Phi) is 25.3. The summed E-state index contributed by atoms with van der Waals surface area (Å²) in [5.41, 5.74) is 0.959. The molecule has 1 heterocycles. The molecule has 1 rings (SSSR count). The van der Waals surface area contributed by atoms with E-state index in [0.717, 1.165) is 0 Å². The van der Waals surface area contributed by atoms with Gasteiger partial charge < -0.3 is 35.0 Å². The van der Waals surface area contributed by atoms with Crippen molar-refractivity contribution in [3.8, 4) is 0 Å². The number of carbonyl (C=O) groups is 4. The van der Waals surface area contributed by atoms with Crippen LogP contribution in [0.15, 0.2) is 48.6 Å². The first-order valence-corrected chi connectivity index (χ1v) is 8.87. The topological polar surface area (TPSA) is 191 Å². The van der Waals surface area contributed by atoms with E-state index >= 15 is 0 Å². The highest BCUT2D eigenvalue weighted by molar-refractivity contribution is 5.87. The molecule has 5 N–H and O–H groups in total. The first-order chi connectivity index (χ1) is 14.5. The Morgan fingerprint density at radius 3 is 1.12 bits per heavy atom. The van der Waals surface area contributed by atoms with Crippen molar-refractivity contribution in [3.05, 3.63) is 48.6 Å². The number of carboxylic acid groups (broad SMARTS) is 3. The molecule has 0 spiro atoms. The molecule has 0 aromatic heterocycles. The molecule has 1 atom stereocenters. The maximum absolute atomic E-state index is 10.7. The SMILES string of the molecule is C=C(C)C(=O)O.C=C(C)C(=O)O.C=C(C)C(=O)O.C=C(C)C(=O)OCC1CO1.OCCO. The summed E-state index contributed by atoms with van der Waals surface area (Å²) in [5, 5.41) is 38.9. The van der Waals surface area contributed by atoms with Crippen LogP contribution >= 0.6 is 0 Å². The maximum atomic E-state index is 10.7. The van der Waals surface area contributed by atoms with Crippen molar-refractivity contribution in [2.75, 3.05) is 26.4 Å². The van der Waals surface area contributed by atoms with Gasteiger partial charge in [0.05, 0.1) is 19.8 Å². The second-order valence-electron chi connectivity index (χ2n) is 6.04. The van der Waals surface area contributed by atoms with Crippen molar-refractivity contribution < 1.29 is 54.2 Å². The fourth-order valence-corrected chi connectivity index (χ4v) is 0.456. The zero-order chi connectivity index (χ0) is 26.4. The van der Waals surface area contributed by atoms with Crippen molar-refractivity contribution >= 4 is 23.9 Å². The third-order valence-electron chi connectivity index (χ3n) is 2.35. The summed E-state index contributed by atoms with van der Waals surface area (Å²) >= 11 is 0. The van der Waals surface area contributed by atoms with Crippen molar-refractivity contribution in [3.63, 3.8) is 0 Å². The summed E-state index contributed by atoms with van der Waals surface area (Å²) in [5.74, 6) is -3.14. The summed E-state index contributed by atoms with van der Waals surface area (Å²) in [6.07, 6.45) is 0.142. The van der Waals surface area contributed by atoms with Gasteiger partial charge in [-0.1, -0.05) is 26.3 Å². The molecule has 184 valence electrons. The van der Waals surface area contributed by atoms with Crippen LogP contribution in [0.3, 0.4) is 0 Å². The van der Waals surface area contributed by atoms with E-state index in [9.17, 15) is 19.2 Å². The fourth-order valence-electron chi connectivity index (χ4n) is 0.456. The molecule has 32 heavy (non-hydrogen) atoms. The summed E-state index contributed by atoms with van der Waals surface area (Å²) in [6, 6.07) is 0. The Labute approximate surface area is 187 Å². The zero-order valence-corrected chi connectivity index (χ0v) is 18.9. The number of ether oxygens (including phenoxy) is 2. The Morgan fingerprint density at radius 1 is 0.750 bits per heavy atom. The Bertz CT molecular complexity index is 564. The lowest BCUT2D eigenvalue weighted by molar-refractivity contribution is -0.139. The first-order valence-electron chi connectivity index (χ1n) is 8.87. The highest BCUT2D eigenvalue weighted by Crippen LogP contribution is 2.09. The molecule has 0 amide bonds. The Hall–Kier alpha value is -3.28. The molecule has 11 nitrogen and oxygen atoms in total. The van der Waals surface area contributed by atoms with E-state index in [1.54, 1.807) is 6.92 Å². The second kappa shape index (κ2) is 22.4. The number of carboxylic acids is 3. The molecule has 1 fully saturated rings. The Balaban J connectivity index is -0.000000159. The van der Waals surface area contributed by atoms with Crippen LogP contribution in [0.2, 0.25) is 0 Å². The van der Waals surface area contributed by atoms with Gasteiger partial charge in [-0.25, -0.2) is 19.2 Å². The van der Waals surface area contributed by atoms with Crippen LogP contribution < -0.4 is 0 Å². The van der Waals surface area contributed by atoms with Crippen LogP contribution in [-0.4, -0.2) is 81.9 Å². The second-order valence-corrected chi connectivity index (χ2v) is 6.04. The third kappa shape index (κ3) is 37.5. The number of hydrogen-bond acceptors (Lipinski definition) is 8. The van der Waals surface area contributed by atoms with Gasteiger partial charge in [0, 0.05) is 22.3 Å². The van der Waals surface area contributed by atoms with Crippen molar-refractivity contribution in [1.82, 2.24) is 0 Å². The molecule has 0 bridgehead atoms. The average Bonchev–Trinajstić information content (AvgIpc) is 3.51. The number of rotatable bonds is 7. The maximum Gasteiger partial charge on any atom is 0.333 e. The van der Waals surface area contributed by atoms with Gasteiger partial charge in [0.1, 0.15) is 12.7 Å². The Morgan fingerprint density at radius 2 is 1.00 bits per heavy atom. The van der Waals surface area contributed by atoms with Crippen LogP contribution in [0.25, 0.3) is 0 Å². The van der Waals surface area contributed by atoms with E-state index in [4.69, 9.17) is 35.0 Å². The van der Waals surface area contributed by atoms with Crippen LogP contribution in [0.5, 0.6) is 0 Å². The molecule has 0 aliphatic carbocycles. The fraction of sp³-hybridized carbons (Fsp3) is 0.429. The predicted octanol–water partition coefficient (Wildman–Crippen LogP) is 1.42. The van der Waals surface area contributed by atoms with Crippen molar-refractivity contribution in [2.45, 2.75) is 33.8 Å². The number of epoxide rings is 1. The quantitative estimate of drug-likeness (QED) is 0.209. The van der Waals surface area contributed by atoms with Crippen LogP contribution in [0, 0.1) is 0 Å². The molecule has 0 aromatic carbocycles. The van der Waals surface area contributed by atoms with E-state index in [2.05, 4.69) is 26.3 Å². The molecular formula is C21H34O11. The number of esters is 1. The molecule has 0 radical (unpaired) electrons. The summed E-state index contributed by atoms with van der Waals surface area (Å²) in [6.45, 7) is 19.7. The van der Waals surface area contributed by atoms with Gasteiger partial charge in [-0.2, -0.15) is 0 Å². The average molecular weight is 462 g/mol. The van der Waals surface area contributed by atoms with Gasteiger partial charge in [-0.15, -0.1) is 0 Å². The van der Waals surface area contributed by atoms with E-state index in [1.165, 1.54) is 20.8 Å². The number of aliphatic hydroxyl groups excluding tert-OH is 2. The van der Waals surface area contributed by atoms with Gasteiger partial charge in [0.2, 0.25) is 0 Å². The molecule has 0 aromatic rings. The van der Waals surface area contributed by atoms with Gasteiger partial charge >= 0.3 is 23.9 Å². The molecule has 1 unspecified atom stereocenters. The highest BCUT2D eigenvalue weighted by Gasteiger charge is 2.24. The molecule has 0 saturated carbocycles. The monoisotopic (exact) mass is 462 g/mol. The van der Waals surface area contributed by atoms with Gasteiger partial charge in [0.25, 0.3) is 0 Å². The van der Waals surface area contributed by atoms with Crippen LogP contribution in [0.4, 0.5) is 0 Å². The lowest BCUT2D eigenvalue weighted by Crippen LogP contribution is -2.09. The standard InChI is InChI=1S/C7H10O3.3C4H6O2.C2H6O2/c1-5(2)7(8)10-4-6-3-9-6;3*1-3(2)4(5)6;3-1-2-4/h6H,1,3-4H2,2H3;3*1H2,2H3,(H,5,6);3-4H,1-2H2. The number of aliphatic hydroxyl groups is 2. The molecule has 1 aliphatic heterocycles. The summed E-state index contributed by atoms with van der Waals surface area (Å²) in [7, 11) is 0. The lowest BCUT2D eigenvalue weighted by Gasteiger charge is -1.99. The minimum atomic E-state index is -0.935. The lowest BCUT2D eigenvalue weighted by atomic mass is 10.4. The number of aliphatic carboxylic acids is 3. The summed E-state index contributed by atoms with van der Waals surface area (Å²) < 4.78 is 9.60. The largest absolute Gasteiger partial charge is 0.478 e. The van der Waals surface area contributed by atoms with Gasteiger partial charge in [-0.05, 0) is 27.7 Å². The van der Waals surface area contributed by atoms with Crippen molar-refractivity contribution in [1.29, 1.82) is 0 Å². The van der Waals surface area contributed by atoms with Gasteiger partial charge in [-0.3, -0.25) is 0 Å². The van der Waals surface area contributed by atoms with Crippen LogP contribution in [-0.2, 0) is 28.7 Å². The van der Waals surface area contributed by atoms with E-state index in [-0.39, 0.29) is 42.0 Å². The van der Waals surface area contributed by atoms with Gasteiger partial charge in [0.15, 0.2) is 0 Å². The normalized spacial score (nSPS) is 12.0. The van der Waals surface area contributed by atoms with E-state index in [1.807, 2.05) is 0 Å². The van der Waals surface area contributed by atoms with Crippen molar-refractivity contribution in [2.24, 2.45) is 0 Å². The minimum Gasteiger partial charge on any atom is -0.478 e. The molecular weight excluding hydrogens is 428 g/mol. The third-order valence-corrected chi connectivity index (χ3v) is 2.35. The molecule has 1 saturated heterocycles. The zero-order valence-electron chi connectivity index (χ0n) is 18.9. The highest BCUT2D eigenvalue weighted by atomic mass is 16.6. The first kappa shape index (κ1) is 36.1. The van der Waals surface area contributed by atoms with Crippen LogP contribution in [0.1, 0.15) is 27.7 Å². The van der Waals surface area contributed by atoms with E-state index in [0.29, 0.717) is 18.8 Å². The molecule has 11 heteroatoms.